The lowest BCUT2D eigenvalue weighted by molar-refractivity contribution is 0.0602. The Kier molecular flexibility index (Phi) is 4.43. The van der Waals surface area contributed by atoms with Gasteiger partial charge in [0.2, 0.25) is 5.03 Å². The zero-order valence-corrected chi connectivity index (χ0v) is 13.7. The number of ether oxygens (including phenoxy) is 1. The van der Waals surface area contributed by atoms with Gasteiger partial charge in [0.05, 0.1) is 24.7 Å². The Bertz CT molecular complexity index is 830. The van der Waals surface area contributed by atoms with Crippen molar-refractivity contribution in [3.05, 3.63) is 40.8 Å². The molecule has 0 amide bonds. The number of imidazole rings is 1. The van der Waals surface area contributed by atoms with Gasteiger partial charge in [-0.3, -0.25) is 4.72 Å². The van der Waals surface area contributed by atoms with Crippen LogP contribution in [0.2, 0.25) is 5.15 Å². The largest absolute Gasteiger partial charge is 0.465 e. The molecule has 0 atom stereocenters. The van der Waals surface area contributed by atoms with Crippen LogP contribution in [0.4, 0.5) is 5.69 Å². The molecule has 0 aliphatic carbocycles. The molecule has 9 heteroatoms. The molecule has 1 aromatic heterocycles. The first-order valence-corrected chi connectivity index (χ1v) is 8.01. The smallest absolute Gasteiger partial charge is 0.340 e. The van der Waals surface area contributed by atoms with Crippen molar-refractivity contribution in [2.75, 3.05) is 11.8 Å². The first-order chi connectivity index (χ1) is 10.3. The first-order valence-electron chi connectivity index (χ1n) is 6.15. The van der Waals surface area contributed by atoms with Crippen molar-refractivity contribution in [2.24, 2.45) is 7.05 Å². The van der Waals surface area contributed by atoms with E-state index in [1.165, 1.54) is 24.1 Å². The van der Waals surface area contributed by atoms with Gasteiger partial charge in [0, 0.05) is 7.05 Å². The van der Waals surface area contributed by atoms with Crippen LogP contribution in [0.5, 0.6) is 0 Å². The minimum absolute atomic E-state index is 0.0271. The third-order valence-electron chi connectivity index (χ3n) is 3.00. The van der Waals surface area contributed by atoms with Crippen LogP contribution in [-0.4, -0.2) is 31.0 Å². The number of methoxy groups -OCH3 is 1. The number of anilines is 1. The average Bonchev–Trinajstić information content (AvgIpc) is 2.81. The van der Waals surface area contributed by atoms with Crippen LogP contribution in [0.1, 0.15) is 15.9 Å². The number of aryl methyl sites for hydroxylation is 2. The first kappa shape index (κ1) is 16.3. The predicted molar refractivity (Wildman–Crippen MR) is 81.5 cm³/mol. The standard InChI is InChI=1S/C13H14ClN3O4S/c1-8-5-4-6-9(13(18)21-3)10(8)16-22(19,20)12-11(14)17(2)7-15-12/h4-7,16H,1-3H3. The molecule has 0 bridgehead atoms. The quantitative estimate of drug-likeness (QED) is 0.857. The number of sulfonamides is 1. The van der Waals surface area contributed by atoms with E-state index in [0.717, 1.165) is 0 Å². The van der Waals surface area contributed by atoms with Crippen LogP contribution in [0.3, 0.4) is 0 Å². The van der Waals surface area contributed by atoms with Gasteiger partial charge in [0.15, 0.2) is 0 Å². The van der Waals surface area contributed by atoms with Gasteiger partial charge in [-0.1, -0.05) is 23.7 Å². The fraction of sp³-hybridized carbons (Fsp3) is 0.231. The van der Waals surface area contributed by atoms with Gasteiger partial charge in [0.1, 0.15) is 5.15 Å². The zero-order valence-electron chi connectivity index (χ0n) is 12.1. The predicted octanol–water partition coefficient (Wildman–Crippen LogP) is 1.97. The van der Waals surface area contributed by atoms with Crippen molar-refractivity contribution in [1.29, 1.82) is 0 Å². The summed E-state index contributed by atoms with van der Waals surface area (Å²) >= 11 is 5.92. The summed E-state index contributed by atoms with van der Waals surface area (Å²) in [6.45, 7) is 1.67. The maximum Gasteiger partial charge on any atom is 0.340 e. The molecule has 0 unspecified atom stereocenters. The van der Waals surface area contributed by atoms with Crippen LogP contribution in [-0.2, 0) is 21.8 Å². The summed E-state index contributed by atoms with van der Waals surface area (Å²) < 4.78 is 33.2. The van der Waals surface area contributed by atoms with Crippen molar-refractivity contribution in [3.8, 4) is 0 Å². The number of rotatable bonds is 4. The highest BCUT2D eigenvalue weighted by Crippen LogP contribution is 2.26. The minimum Gasteiger partial charge on any atom is -0.465 e. The number of nitrogens with one attached hydrogen (secondary N) is 1. The third-order valence-corrected chi connectivity index (χ3v) is 4.84. The summed E-state index contributed by atoms with van der Waals surface area (Å²) in [5.74, 6) is -0.645. The topological polar surface area (TPSA) is 90.3 Å². The van der Waals surface area contributed by atoms with E-state index in [2.05, 4.69) is 14.4 Å². The second kappa shape index (κ2) is 5.98. The van der Waals surface area contributed by atoms with Crippen molar-refractivity contribution in [2.45, 2.75) is 11.9 Å². The van der Waals surface area contributed by atoms with E-state index in [1.807, 2.05) is 0 Å². The Labute approximate surface area is 132 Å². The molecule has 2 rings (SSSR count). The lowest BCUT2D eigenvalue weighted by Crippen LogP contribution is -2.18. The summed E-state index contributed by atoms with van der Waals surface area (Å²) in [7, 11) is -1.24. The highest BCUT2D eigenvalue weighted by Gasteiger charge is 2.25. The van der Waals surface area contributed by atoms with Crippen LogP contribution in [0, 0.1) is 6.92 Å². The van der Waals surface area contributed by atoms with E-state index >= 15 is 0 Å². The lowest BCUT2D eigenvalue weighted by Gasteiger charge is -2.13. The molecule has 0 spiro atoms. The number of carbonyl (C=O) groups is 1. The summed E-state index contributed by atoms with van der Waals surface area (Å²) in [4.78, 5) is 15.5. The Morgan fingerprint density at radius 3 is 2.64 bits per heavy atom. The molecule has 0 saturated carbocycles. The summed E-state index contributed by atoms with van der Waals surface area (Å²) in [6, 6.07) is 4.77. The van der Waals surface area contributed by atoms with Gasteiger partial charge in [0.25, 0.3) is 10.0 Å². The number of hydrogen-bond acceptors (Lipinski definition) is 5. The van der Waals surface area contributed by atoms with Crippen molar-refractivity contribution in [1.82, 2.24) is 9.55 Å². The Hall–Kier alpha value is -2.06. The van der Waals surface area contributed by atoms with Gasteiger partial charge in [-0.05, 0) is 18.6 Å². The Balaban J connectivity index is 2.51. The second-order valence-corrected chi connectivity index (χ2v) is 6.50. The highest BCUT2D eigenvalue weighted by molar-refractivity contribution is 7.92. The van der Waals surface area contributed by atoms with Gasteiger partial charge >= 0.3 is 5.97 Å². The van der Waals surface area contributed by atoms with Crippen molar-refractivity contribution >= 4 is 33.3 Å². The van der Waals surface area contributed by atoms with E-state index in [-0.39, 0.29) is 21.4 Å². The van der Waals surface area contributed by atoms with Gasteiger partial charge in [-0.15, -0.1) is 0 Å². The van der Waals surface area contributed by atoms with Gasteiger partial charge in [-0.25, -0.2) is 9.78 Å². The molecule has 2 aromatic rings. The molecule has 22 heavy (non-hydrogen) atoms. The van der Waals surface area contributed by atoms with E-state index in [1.54, 1.807) is 26.1 Å². The number of esters is 1. The highest BCUT2D eigenvalue weighted by atomic mass is 35.5. The molecular formula is C13H14ClN3O4S. The average molecular weight is 344 g/mol. The van der Waals surface area contributed by atoms with Crippen molar-refractivity contribution < 1.29 is 17.9 Å². The number of benzene rings is 1. The van der Waals surface area contributed by atoms with Gasteiger partial charge < -0.3 is 9.30 Å². The number of halogens is 1. The lowest BCUT2D eigenvalue weighted by atomic mass is 10.1. The molecule has 1 N–H and O–H groups in total. The molecule has 0 radical (unpaired) electrons. The number of nitrogens with zero attached hydrogens (tertiary/aromatic N) is 2. The Morgan fingerprint density at radius 2 is 2.09 bits per heavy atom. The number of hydrogen-bond donors (Lipinski definition) is 1. The van der Waals surface area contributed by atoms with Gasteiger partial charge in [-0.2, -0.15) is 8.42 Å². The molecular weight excluding hydrogens is 330 g/mol. The third kappa shape index (κ3) is 2.93. The zero-order chi connectivity index (χ0) is 16.5. The molecule has 118 valence electrons. The van der Waals surface area contributed by atoms with E-state index < -0.39 is 16.0 Å². The molecule has 1 heterocycles. The maximum absolute atomic E-state index is 12.4. The monoisotopic (exact) mass is 343 g/mol. The Morgan fingerprint density at radius 1 is 1.41 bits per heavy atom. The van der Waals surface area contributed by atoms with Crippen LogP contribution < -0.4 is 4.72 Å². The SMILES string of the molecule is COC(=O)c1cccc(C)c1NS(=O)(=O)c1ncn(C)c1Cl. The number of para-hydroxylation sites is 1. The fourth-order valence-electron chi connectivity index (χ4n) is 1.84. The maximum atomic E-state index is 12.4. The summed E-state index contributed by atoms with van der Waals surface area (Å²) in [5, 5.41) is -0.337. The molecule has 0 saturated heterocycles. The molecule has 0 fully saturated rings. The van der Waals surface area contributed by atoms with Crippen molar-refractivity contribution in [3.63, 3.8) is 0 Å². The minimum atomic E-state index is -4.03. The van der Waals surface area contributed by atoms with E-state index in [4.69, 9.17) is 11.6 Å². The van der Waals surface area contributed by atoms with E-state index in [0.29, 0.717) is 5.56 Å². The van der Waals surface area contributed by atoms with Crippen LogP contribution in [0.15, 0.2) is 29.6 Å². The van der Waals surface area contributed by atoms with Crippen LogP contribution in [0.25, 0.3) is 0 Å². The normalized spacial score (nSPS) is 11.3. The van der Waals surface area contributed by atoms with E-state index in [9.17, 15) is 13.2 Å². The number of carbonyl (C=O) groups excluding carboxylic acids is 1. The molecule has 0 aliphatic heterocycles. The molecule has 1 aromatic carbocycles. The fourth-order valence-corrected chi connectivity index (χ4v) is 3.43. The molecule has 7 nitrogen and oxygen atoms in total. The second-order valence-electron chi connectivity index (χ2n) is 4.55. The van der Waals surface area contributed by atoms with Crippen LogP contribution >= 0.6 is 11.6 Å². The molecule has 0 aliphatic rings. The summed E-state index contributed by atoms with van der Waals surface area (Å²) in [6.07, 6.45) is 1.29. The number of aromatic nitrogens is 2. The summed E-state index contributed by atoms with van der Waals surface area (Å²) in [5.41, 5.74) is 0.813.